The molecule has 0 saturated carbocycles. The van der Waals surface area contributed by atoms with Gasteiger partial charge in [0.25, 0.3) is 5.91 Å². The van der Waals surface area contributed by atoms with Crippen molar-refractivity contribution in [2.24, 2.45) is 0 Å². The van der Waals surface area contributed by atoms with E-state index < -0.39 is 23.6 Å². The quantitative estimate of drug-likeness (QED) is 0.262. The van der Waals surface area contributed by atoms with Crippen LogP contribution in [0.25, 0.3) is 21.0 Å². The maximum absolute atomic E-state index is 13.1. The average molecular weight is 515 g/mol. The number of carboxylic acid groups (broad SMARTS) is 1. The fourth-order valence-electron chi connectivity index (χ4n) is 3.15. The molecule has 4 aromatic rings. The monoisotopic (exact) mass is 514 g/mol. The molecular formula is C25H17F3N2O3S2. The number of hydrogen-bond donors (Lipinski definition) is 2. The third-order valence-corrected chi connectivity index (χ3v) is 6.96. The molecule has 5 nitrogen and oxygen atoms in total. The molecule has 0 fully saturated rings. The van der Waals surface area contributed by atoms with Crippen molar-refractivity contribution < 1.29 is 27.9 Å². The molecule has 0 saturated heterocycles. The second-order valence-electron chi connectivity index (χ2n) is 7.30. The number of carbonyl (C=O) groups excluding carboxylic acids is 1. The summed E-state index contributed by atoms with van der Waals surface area (Å²) in [7, 11) is 0. The molecule has 2 N–H and O–H groups in total. The summed E-state index contributed by atoms with van der Waals surface area (Å²) < 4.78 is 38.5. The van der Waals surface area contributed by atoms with E-state index in [1.807, 2.05) is 30.3 Å². The molecule has 0 atom stereocenters. The number of thioether (sulfide) groups is 1. The van der Waals surface area contributed by atoms with E-state index >= 15 is 0 Å². The number of rotatable bonds is 7. The lowest BCUT2D eigenvalue weighted by molar-refractivity contribution is -0.137. The molecule has 3 aromatic carbocycles. The standard InChI is InChI=1S/C25H17F3N2O3S2/c26-25(27,28)17-8-10-18(11-9-17)29-23(33)21-22(15-4-2-1-3-5-15)35-24(30-21)16-6-12-19(13-7-16)34-14-20(31)32/h1-13H,14H2,(H,29,33)(H,31,32). The zero-order valence-electron chi connectivity index (χ0n) is 17.9. The van der Waals surface area contributed by atoms with Crippen LogP contribution in [-0.4, -0.2) is 27.7 Å². The Hall–Kier alpha value is -3.63. The van der Waals surface area contributed by atoms with Crippen molar-refractivity contribution in [3.8, 4) is 21.0 Å². The molecule has 178 valence electrons. The van der Waals surface area contributed by atoms with E-state index in [2.05, 4.69) is 10.3 Å². The van der Waals surface area contributed by atoms with E-state index in [1.54, 1.807) is 24.3 Å². The van der Waals surface area contributed by atoms with E-state index in [-0.39, 0.29) is 17.1 Å². The first-order chi connectivity index (χ1) is 16.7. The molecular weight excluding hydrogens is 497 g/mol. The number of carbonyl (C=O) groups is 2. The number of benzene rings is 3. The first kappa shape index (κ1) is 24.5. The summed E-state index contributed by atoms with van der Waals surface area (Å²) in [5, 5.41) is 12.0. The molecule has 1 amide bonds. The lowest BCUT2D eigenvalue weighted by Crippen LogP contribution is -2.14. The first-order valence-corrected chi connectivity index (χ1v) is 12.0. The predicted molar refractivity (Wildman–Crippen MR) is 131 cm³/mol. The highest BCUT2D eigenvalue weighted by atomic mass is 32.2. The van der Waals surface area contributed by atoms with Crippen LogP contribution in [-0.2, 0) is 11.0 Å². The molecule has 0 aliphatic rings. The maximum atomic E-state index is 13.1. The van der Waals surface area contributed by atoms with E-state index in [1.165, 1.54) is 35.2 Å². The maximum Gasteiger partial charge on any atom is 0.416 e. The third kappa shape index (κ3) is 6.09. The van der Waals surface area contributed by atoms with Gasteiger partial charge in [-0.15, -0.1) is 23.1 Å². The Labute approximate surface area is 206 Å². The normalized spacial score (nSPS) is 11.3. The summed E-state index contributed by atoms with van der Waals surface area (Å²) in [4.78, 5) is 29.8. The summed E-state index contributed by atoms with van der Waals surface area (Å²) in [6.07, 6.45) is -4.46. The van der Waals surface area contributed by atoms with Gasteiger partial charge in [-0.1, -0.05) is 42.5 Å². The molecule has 0 radical (unpaired) electrons. The van der Waals surface area contributed by atoms with Crippen LogP contribution in [0.3, 0.4) is 0 Å². The van der Waals surface area contributed by atoms with Gasteiger partial charge in [-0.2, -0.15) is 13.2 Å². The van der Waals surface area contributed by atoms with Crippen molar-refractivity contribution in [2.45, 2.75) is 11.1 Å². The summed E-state index contributed by atoms with van der Waals surface area (Å²) in [5.74, 6) is -1.50. The van der Waals surface area contributed by atoms with Gasteiger partial charge in [0.05, 0.1) is 16.2 Å². The van der Waals surface area contributed by atoms with E-state index in [0.29, 0.717) is 9.88 Å². The summed E-state index contributed by atoms with van der Waals surface area (Å²) in [6.45, 7) is 0. The molecule has 0 bridgehead atoms. The molecule has 0 unspecified atom stereocenters. The largest absolute Gasteiger partial charge is 0.481 e. The Morgan fingerprint density at radius 2 is 1.57 bits per heavy atom. The molecule has 1 heterocycles. The van der Waals surface area contributed by atoms with Crippen LogP contribution in [0.2, 0.25) is 0 Å². The van der Waals surface area contributed by atoms with Crippen molar-refractivity contribution >= 4 is 40.7 Å². The first-order valence-electron chi connectivity index (χ1n) is 10.2. The number of anilines is 1. The topological polar surface area (TPSA) is 79.3 Å². The Bertz CT molecular complexity index is 1340. The highest BCUT2D eigenvalue weighted by Gasteiger charge is 2.30. The summed E-state index contributed by atoms with van der Waals surface area (Å²) >= 11 is 2.51. The highest BCUT2D eigenvalue weighted by molar-refractivity contribution is 8.00. The fourth-order valence-corrected chi connectivity index (χ4v) is 4.85. The van der Waals surface area contributed by atoms with Crippen molar-refractivity contribution in [3.05, 3.63) is 90.1 Å². The van der Waals surface area contributed by atoms with Gasteiger partial charge in [0.1, 0.15) is 10.7 Å². The van der Waals surface area contributed by atoms with Gasteiger partial charge in [0, 0.05) is 16.1 Å². The Balaban J connectivity index is 1.63. The number of aromatic nitrogens is 1. The van der Waals surface area contributed by atoms with E-state index in [9.17, 15) is 22.8 Å². The zero-order valence-corrected chi connectivity index (χ0v) is 19.5. The van der Waals surface area contributed by atoms with Gasteiger partial charge >= 0.3 is 12.1 Å². The number of nitrogens with zero attached hydrogens (tertiary/aromatic N) is 1. The molecule has 4 rings (SSSR count). The van der Waals surface area contributed by atoms with Gasteiger partial charge in [0.15, 0.2) is 0 Å². The van der Waals surface area contributed by atoms with Crippen LogP contribution >= 0.6 is 23.1 Å². The molecule has 10 heteroatoms. The zero-order chi connectivity index (χ0) is 25.0. The molecule has 0 spiro atoms. The number of halogens is 3. The predicted octanol–water partition coefficient (Wildman–Crippen LogP) is 6.92. The number of nitrogens with one attached hydrogen (secondary N) is 1. The number of amides is 1. The lowest BCUT2D eigenvalue weighted by Gasteiger charge is -2.09. The number of thiazole rings is 1. The van der Waals surface area contributed by atoms with Gasteiger partial charge in [-0.05, 0) is 42.0 Å². The summed E-state index contributed by atoms with van der Waals surface area (Å²) in [6, 6.07) is 20.6. The van der Waals surface area contributed by atoms with Gasteiger partial charge in [-0.3, -0.25) is 9.59 Å². The molecule has 0 aliphatic carbocycles. The number of aliphatic carboxylic acids is 1. The van der Waals surface area contributed by atoms with Crippen LogP contribution in [0, 0.1) is 0 Å². The number of hydrogen-bond acceptors (Lipinski definition) is 5. The minimum atomic E-state index is -4.46. The molecule has 0 aliphatic heterocycles. The van der Waals surface area contributed by atoms with Crippen molar-refractivity contribution in [2.75, 3.05) is 11.1 Å². The number of alkyl halides is 3. The highest BCUT2D eigenvalue weighted by Crippen LogP contribution is 2.37. The van der Waals surface area contributed by atoms with Crippen molar-refractivity contribution in [1.29, 1.82) is 0 Å². The van der Waals surface area contributed by atoms with Gasteiger partial charge < -0.3 is 10.4 Å². The smallest absolute Gasteiger partial charge is 0.416 e. The van der Waals surface area contributed by atoms with Crippen LogP contribution in [0.1, 0.15) is 16.1 Å². The van der Waals surface area contributed by atoms with E-state index in [0.717, 1.165) is 28.2 Å². The average Bonchev–Trinajstić information content (AvgIpc) is 3.29. The van der Waals surface area contributed by atoms with Gasteiger partial charge in [0.2, 0.25) is 0 Å². The lowest BCUT2D eigenvalue weighted by atomic mass is 10.1. The SMILES string of the molecule is O=C(O)CSc1ccc(-c2nc(C(=O)Nc3ccc(C(F)(F)F)cc3)c(-c3ccccc3)s2)cc1. The van der Waals surface area contributed by atoms with Crippen molar-refractivity contribution in [1.82, 2.24) is 4.98 Å². The van der Waals surface area contributed by atoms with Crippen LogP contribution in [0.5, 0.6) is 0 Å². The Morgan fingerprint density at radius 1 is 0.914 bits per heavy atom. The number of carboxylic acids is 1. The minimum absolute atomic E-state index is 0.0526. The third-order valence-electron chi connectivity index (χ3n) is 4.81. The van der Waals surface area contributed by atoms with Crippen LogP contribution in [0.4, 0.5) is 18.9 Å². The fraction of sp³-hybridized carbons (Fsp3) is 0.0800. The molecule has 35 heavy (non-hydrogen) atoms. The minimum Gasteiger partial charge on any atom is -0.481 e. The van der Waals surface area contributed by atoms with Crippen LogP contribution < -0.4 is 5.32 Å². The Kier molecular flexibility index (Phi) is 7.23. The molecule has 1 aromatic heterocycles. The van der Waals surface area contributed by atoms with Gasteiger partial charge in [-0.25, -0.2) is 4.98 Å². The van der Waals surface area contributed by atoms with Crippen LogP contribution in [0.15, 0.2) is 83.8 Å². The second-order valence-corrected chi connectivity index (χ2v) is 9.35. The second kappa shape index (κ2) is 10.3. The Morgan fingerprint density at radius 3 is 2.17 bits per heavy atom. The van der Waals surface area contributed by atoms with E-state index in [4.69, 9.17) is 5.11 Å². The summed E-state index contributed by atoms with van der Waals surface area (Å²) in [5.41, 5.74) is 1.10. The van der Waals surface area contributed by atoms with Crippen molar-refractivity contribution in [3.63, 3.8) is 0 Å².